The molecule has 5 atom stereocenters. The van der Waals surface area contributed by atoms with Crippen LogP contribution in [0.25, 0.3) is 0 Å². The molecule has 0 aromatic rings. The highest BCUT2D eigenvalue weighted by Gasteiger charge is 2.66. The minimum Gasteiger partial charge on any atom is -0.459 e. The average molecular weight is 509 g/mol. The Bertz CT molecular complexity index is 854. The van der Waals surface area contributed by atoms with Gasteiger partial charge in [-0.1, -0.05) is 40.2 Å². The van der Waals surface area contributed by atoms with Gasteiger partial charge < -0.3 is 23.4 Å². The highest BCUT2D eigenvalue weighted by molar-refractivity contribution is 6.74. The molecule has 1 aliphatic heterocycles. The van der Waals surface area contributed by atoms with Crippen molar-refractivity contribution in [2.45, 2.75) is 116 Å². The lowest BCUT2D eigenvalue weighted by Crippen LogP contribution is -2.57. The molecule has 0 aromatic heterocycles. The van der Waals surface area contributed by atoms with Crippen LogP contribution >= 0.6 is 0 Å². The summed E-state index contributed by atoms with van der Waals surface area (Å²) in [5, 5.41) is 0.0894. The normalized spacial score (nSPS) is 35.7. The van der Waals surface area contributed by atoms with Gasteiger partial charge in [0.25, 0.3) is 0 Å². The van der Waals surface area contributed by atoms with Crippen LogP contribution < -0.4 is 0 Å². The molecule has 0 bridgehead atoms. The number of fused-ring (bicyclic) bond motifs is 3. The van der Waals surface area contributed by atoms with Crippen LogP contribution in [0.15, 0.2) is 11.1 Å². The van der Waals surface area contributed by atoms with Crippen LogP contribution in [0, 0.1) is 16.7 Å². The molecule has 4 rings (SSSR count). The van der Waals surface area contributed by atoms with Gasteiger partial charge in [-0.05, 0) is 61.7 Å². The Balaban J connectivity index is 1.86. The maximum atomic E-state index is 12.2. The molecule has 1 spiro atoms. The Labute approximate surface area is 213 Å². The summed E-state index contributed by atoms with van der Waals surface area (Å²) in [6.45, 7) is 19.5. The van der Waals surface area contributed by atoms with Crippen molar-refractivity contribution in [3.8, 4) is 0 Å². The molecule has 0 aromatic carbocycles. The molecule has 6 nitrogen and oxygen atoms in total. The van der Waals surface area contributed by atoms with Gasteiger partial charge in [0.1, 0.15) is 6.10 Å². The second-order valence-electron chi connectivity index (χ2n) is 13.3. The molecule has 0 N–H and O–H groups in total. The summed E-state index contributed by atoms with van der Waals surface area (Å²) < 4.78 is 31.7. The van der Waals surface area contributed by atoms with Gasteiger partial charge in [0.2, 0.25) is 0 Å². The first-order chi connectivity index (χ1) is 16.2. The molecule has 1 heterocycles. The molecule has 35 heavy (non-hydrogen) atoms. The molecule has 2 fully saturated rings. The van der Waals surface area contributed by atoms with Crippen molar-refractivity contribution in [2.75, 3.05) is 26.9 Å². The SMILES string of the molecule is COC[C@@H](OC(C)=O)[C@@]1(C)CCCC2=C1[C@H](O[Si](C)(C)C(C)(C)C)C[C@@]1(C)[C@H]2CCC12OCCO2. The van der Waals surface area contributed by atoms with Crippen LogP contribution in [0.2, 0.25) is 18.1 Å². The Morgan fingerprint density at radius 1 is 1.17 bits per heavy atom. The highest BCUT2D eigenvalue weighted by Crippen LogP contribution is 2.66. The van der Waals surface area contributed by atoms with Crippen LogP contribution in [0.1, 0.15) is 80.1 Å². The van der Waals surface area contributed by atoms with E-state index in [1.165, 1.54) is 18.1 Å². The van der Waals surface area contributed by atoms with E-state index >= 15 is 0 Å². The van der Waals surface area contributed by atoms with Gasteiger partial charge >= 0.3 is 5.97 Å². The van der Waals surface area contributed by atoms with Crippen LogP contribution in [-0.2, 0) is 28.2 Å². The number of carbonyl (C=O) groups excluding carboxylic acids is 1. The average Bonchev–Trinajstić information content (AvgIpc) is 3.32. The largest absolute Gasteiger partial charge is 0.459 e. The van der Waals surface area contributed by atoms with E-state index in [0.717, 1.165) is 38.5 Å². The number of methoxy groups -OCH3 is 1. The highest BCUT2D eigenvalue weighted by atomic mass is 28.4. The molecule has 1 saturated carbocycles. The van der Waals surface area contributed by atoms with Crippen molar-refractivity contribution in [2.24, 2.45) is 16.7 Å². The van der Waals surface area contributed by atoms with E-state index in [-0.39, 0.29) is 34.0 Å². The summed E-state index contributed by atoms with van der Waals surface area (Å²) in [4.78, 5) is 12.2. The predicted molar refractivity (Wildman–Crippen MR) is 139 cm³/mol. The first kappa shape index (κ1) is 27.3. The molecular formula is C28H48O6Si. The molecule has 4 aliphatic rings. The molecular weight excluding hydrogens is 460 g/mol. The van der Waals surface area contributed by atoms with E-state index < -0.39 is 14.1 Å². The maximum Gasteiger partial charge on any atom is 0.303 e. The fourth-order valence-corrected chi connectivity index (χ4v) is 8.63. The quantitative estimate of drug-likeness (QED) is 0.249. The Hall–Kier alpha value is -0.733. The summed E-state index contributed by atoms with van der Waals surface area (Å²) >= 11 is 0. The fourth-order valence-electron chi connectivity index (χ4n) is 7.36. The minimum atomic E-state index is -2.10. The van der Waals surface area contributed by atoms with Gasteiger partial charge in [0, 0.05) is 31.3 Å². The van der Waals surface area contributed by atoms with Gasteiger partial charge in [-0.3, -0.25) is 4.79 Å². The van der Waals surface area contributed by atoms with E-state index in [1.807, 2.05) is 0 Å². The minimum absolute atomic E-state index is 0.0462. The lowest BCUT2D eigenvalue weighted by atomic mass is 9.55. The number of carbonyl (C=O) groups is 1. The molecule has 3 aliphatic carbocycles. The third-order valence-electron chi connectivity index (χ3n) is 10.2. The lowest BCUT2D eigenvalue weighted by molar-refractivity contribution is -0.231. The molecule has 200 valence electrons. The third kappa shape index (κ3) is 4.37. The van der Waals surface area contributed by atoms with Crippen LogP contribution in [0.5, 0.6) is 0 Å². The molecule has 1 saturated heterocycles. The van der Waals surface area contributed by atoms with E-state index in [9.17, 15) is 4.79 Å². The zero-order valence-electron chi connectivity index (χ0n) is 23.5. The summed E-state index contributed by atoms with van der Waals surface area (Å²) in [7, 11) is -0.410. The monoisotopic (exact) mass is 508 g/mol. The van der Waals surface area contributed by atoms with Crippen LogP contribution in [0.4, 0.5) is 0 Å². The summed E-state index contributed by atoms with van der Waals surface area (Å²) in [6, 6.07) is 0. The zero-order chi connectivity index (χ0) is 25.9. The van der Waals surface area contributed by atoms with Crippen molar-refractivity contribution in [3.63, 3.8) is 0 Å². The van der Waals surface area contributed by atoms with Crippen LogP contribution in [0.3, 0.4) is 0 Å². The van der Waals surface area contributed by atoms with Crippen molar-refractivity contribution in [1.29, 1.82) is 0 Å². The molecule has 7 heteroatoms. The Kier molecular flexibility index (Phi) is 7.20. The van der Waals surface area contributed by atoms with E-state index in [1.54, 1.807) is 7.11 Å². The molecule has 0 amide bonds. The number of rotatable bonds is 6. The van der Waals surface area contributed by atoms with E-state index in [2.05, 4.69) is 47.7 Å². The Morgan fingerprint density at radius 2 is 1.83 bits per heavy atom. The zero-order valence-corrected chi connectivity index (χ0v) is 24.5. The first-order valence-electron chi connectivity index (χ1n) is 13.6. The van der Waals surface area contributed by atoms with Crippen molar-refractivity contribution < 1.29 is 28.2 Å². The van der Waals surface area contributed by atoms with Gasteiger partial charge in [-0.15, -0.1) is 0 Å². The van der Waals surface area contributed by atoms with Crippen molar-refractivity contribution in [3.05, 3.63) is 11.1 Å². The van der Waals surface area contributed by atoms with Gasteiger partial charge in [0.05, 0.1) is 25.9 Å². The number of hydrogen-bond donors (Lipinski definition) is 0. The molecule has 0 radical (unpaired) electrons. The first-order valence-corrected chi connectivity index (χ1v) is 16.5. The second kappa shape index (κ2) is 9.23. The summed E-state index contributed by atoms with van der Waals surface area (Å²) in [6.07, 6.45) is 5.60. The van der Waals surface area contributed by atoms with Gasteiger partial charge in [-0.25, -0.2) is 0 Å². The number of ether oxygens (including phenoxy) is 4. The van der Waals surface area contributed by atoms with Crippen molar-refractivity contribution >= 4 is 14.3 Å². The van der Waals surface area contributed by atoms with Gasteiger partial charge in [0.15, 0.2) is 14.1 Å². The fraction of sp³-hybridized carbons (Fsp3) is 0.893. The Morgan fingerprint density at radius 3 is 2.40 bits per heavy atom. The summed E-state index contributed by atoms with van der Waals surface area (Å²) in [5.74, 6) is -0.368. The topological polar surface area (TPSA) is 63.2 Å². The summed E-state index contributed by atoms with van der Waals surface area (Å²) in [5.41, 5.74) is 2.44. The number of allylic oxidation sites excluding steroid dienone is 1. The van der Waals surface area contributed by atoms with Gasteiger partial charge in [-0.2, -0.15) is 0 Å². The third-order valence-corrected chi connectivity index (χ3v) is 14.7. The van der Waals surface area contributed by atoms with E-state index in [4.69, 9.17) is 23.4 Å². The lowest BCUT2D eigenvalue weighted by Gasteiger charge is -2.56. The van der Waals surface area contributed by atoms with Crippen LogP contribution in [-0.4, -0.2) is 59.2 Å². The standard InChI is InChI=1S/C28H48O6Si/c1-19(29)33-23(18-30-7)26(5)13-10-11-20-21-12-14-28(31-15-16-32-28)27(21,6)17-22(24(20)26)34-35(8,9)25(2,3)4/h21-23H,10-18H2,1-9H3/t21-,22+,23+,26+,27-/m0/s1. The maximum absolute atomic E-state index is 12.2. The smallest absolute Gasteiger partial charge is 0.303 e. The van der Waals surface area contributed by atoms with E-state index in [0.29, 0.717) is 25.7 Å². The predicted octanol–water partition coefficient (Wildman–Crippen LogP) is 6.00. The molecule has 0 unspecified atom stereocenters. The number of esters is 1. The van der Waals surface area contributed by atoms with Crippen molar-refractivity contribution in [1.82, 2.24) is 0 Å². The number of hydrogen-bond acceptors (Lipinski definition) is 6. The second-order valence-corrected chi connectivity index (χ2v) is 18.0.